The van der Waals surface area contributed by atoms with Gasteiger partial charge in [-0.2, -0.15) is 0 Å². The molecule has 0 aliphatic rings. The van der Waals surface area contributed by atoms with Gasteiger partial charge in [0.2, 0.25) is 15.9 Å². The van der Waals surface area contributed by atoms with E-state index >= 15 is 0 Å². The van der Waals surface area contributed by atoms with Gasteiger partial charge in [-0.25, -0.2) is 8.42 Å². The zero-order valence-corrected chi connectivity index (χ0v) is 21.6. The van der Waals surface area contributed by atoms with Crippen molar-refractivity contribution in [1.82, 2.24) is 5.32 Å². The average molecular weight is 510 g/mol. The van der Waals surface area contributed by atoms with Crippen molar-refractivity contribution < 1.29 is 22.7 Å². The zero-order valence-electron chi connectivity index (χ0n) is 20.8. The van der Waals surface area contributed by atoms with E-state index in [0.717, 1.165) is 17.0 Å². The van der Waals surface area contributed by atoms with E-state index < -0.39 is 22.0 Å². The Bertz CT molecular complexity index is 1290. The van der Waals surface area contributed by atoms with Crippen LogP contribution in [0.3, 0.4) is 0 Å². The van der Waals surface area contributed by atoms with Gasteiger partial charge in [0, 0.05) is 6.04 Å². The summed E-state index contributed by atoms with van der Waals surface area (Å²) in [6.45, 7) is 5.34. The van der Waals surface area contributed by atoms with Crippen LogP contribution < -0.4 is 19.7 Å². The summed E-state index contributed by atoms with van der Waals surface area (Å²) in [5.41, 5.74) is 0.908. The number of hydrogen-bond donors (Lipinski definition) is 2. The number of ether oxygens (including phenoxy) is 1. The predicted molar refractivity (Wildman–Crippen MR) is 142 cm³/mol. The average Bonchev–Trinajstić information content (AvgIpc) is 2.85. The molecule has 0 heterocycles. The van der Waals surface area contributed by atoms with Crippen LogP contribution in [0, 0.1) is 0 Å². The third-order valence-corrected chi connectivity index (χ3v) is 6.82. The number of carbonyl (C=O) groups is 2. The maximum atomic E-state index is 13.2. The summed E-state index contributed by atoms with van der Waals surface area (Å²) in [4.78, 5) is 25.8. The molecular weight excluding hydrogens is 478 g/mol. The monoisotopic (exact) mass is 509 g/mol. The Morgan fingerprint density at radius 3 is 2.08 bits per heavy atom. The third kappa shape index (κ3) is 6.85. The largest absolute Gasteiger partial charge is 0.457 e. The minimum Gasteiger partial charge on any atom is -0.457 e. The number of rotatable bonds is 10. The van der Waals surface area contributed by atoms with Crippen LogP contribution in [0.15, 0.2) is 78.9 Å². The van der Waals surface area contributed by atoms with Crippen molar-refractivity contribution >= 4 is 33.2 Å². The third-order valence-electron chi connectivity index (χ3n) is 5.58. The lowest BCUT2D eigenvalue weighted by Gasteiger charge is -2.28. The molecule has 3 aromatic rings. The summed E-state index contributed by atoms with van der Waals surface area (Å²) in [5.74, 6) is 0.279. The highest BCUT2D eigenvalue weighted by atomic mass is 32.2. The topological polar surface area (TPSA) is 105 Å². The number of anilines is 2. The second-order valence-electron chi connectivity index (χ2n) is 8.46. The van der Waals surface area contributed by atoms with Gasteiger partial charge in [-0.3, -0.25) is 13.9 Å². The molecule has 9 heteroatoms. The number of nitrogens with one attached hydrogen (secondary N) is 2. The fourth-order valence-corrected chi connectivity index (χ4v) is 4.70. The van der Waals surface area contributed by atoms with Gasteiger partial charge in [0.25, 0.3) is 5.91 Å². The fourth-order valence-electron chi connectivity index (χ4n) is 3.53. The first kappa shape index (κ1) is 26.7. The van der Waals surface area contributed by atoms with Crippen LogP contribution in [-0.4, -0.2) is 38.6 Å². The Balaban J connectivity index is 1.81. The second-order valence-corrected chi connectivity index (χ2v) is 10.3. The van der Waals surface area contributed by atoms with Gasteiger partial charge >= 0.3 is 0 Å². The molecule has 0 aromatic heterocycles. The maximum Gasteiger partial charge on any atom is 0.253 e. The Labute approximate surface area is 212 Å². The van der Waals surface area contributed by atoms with Gasteiger partial charge < -0.3 is 15.4 Å². The van der Waals surface area contributed by atoms with E-state index in [-0.39, 0.29) is 11.9 Å². The second kappa shape index (κ2) is 11.7. The molecule has 0 aliphatic carbocycles. The molecule has 8 nitrogen and oxygen atoms in total. The minimum absolute atomic E-state index is 0.0326. The van der Waals surface area contributed by atoms with Gasteiger partial charge in [-0.05, 0) is 68.8 Å². The molecule has 0 bridgehead atoms. The van der Waals surface area contributed by atoms with E-state index in [1.807, 2.05) is 44.2 Å². The fraction of sp³-hybridized carbons (Fsp3) is 0.259. The van der Waals surface area contributed by atoms with E-state index in [0.29, 0.717) is 28.4 Å². The minimum atomic E-state index is -3.82. The molecule has 0 spiro atoms. The van der Waals surface area contributed by atoms with E-state index in [9.17, 15) is 18.0 Å². The predicted octanol–water partition coefficient (Wildman–Crippen LogP) is 4.80. The quantitative estimate of drug-likeness (QED) is 0.409. The van der Waals surface area contributed by atoms with Crippen molar-refractivity contribution in [2.75, 3.05) is 15.9 Å². The molecule has 3 aromatic carbocycles. The van der Waals surface area contributed by atoms with Crippen LogP contribution in [0.1, 0.15) is 37.6 Å². The molecule has 2 amide bonds. The smallest absolute Gasteiger partial charge is 0.253 e. The number of hydrogen-bond acceptors (Lipinski definition) is 5. The number of benzene rings is 3. The molecule has 2 N–H and O–H groups in total. The first-order valence-electron chi connectivity index (χ1n) is 11.6. The van der Waals surface area contributed by atoms with Crippen LogP contribution in [0.5, 0.6) is 11.5 Å². The highest BCUT2D eigenvalue weighted by Crippen LogP contribution is 2.27. The molecule has 0 aliphatic heterocycles. The Morgan fingerprint density at radius 1 is 0.889 bits per heavy atom. The Kier molecular flexibility index (Phi) is 8.71. The number of nitrogens with zero attached hydrogens (tertiary/aromatic N) is 1. The van der Waals surface area contributed by atoms with Crippen molar-refractivity contribution in [1.29, 1.82) is 0 Å². The summed E-state index contributed by atoms with van der Waals surface area (Å²) in [5, 5.41) is 5.59. The van der Waals surface area contributed by atoms with Crippen molar-refractivity contribution in [3.8, 4) is 11.5 Å². The van der Waals surface area contributed by atoms with Crippen LogP contribution in [0.4, 0.5) is 11.4 Å². The van der Waals surface area contributed by atoms with Gasteiger partial charge in [0.15, 0.2) is 0 Å². The molecule has 36 heavy (non-hydrogen) atoms. The van der Waals surface area contributed by atoms with E-state index in [4.69, 9.17) is 4.74 Å². The lowest BCUT2D eigenvalue weighted by Crippen LogP contribution is -2.45. The summed E-state index contributed by atoms with van der Waals surface area (Å²) < 4.78 is 32.2. The van der Waals surface area contributed by atoms with E-state index in [1.54, 1.807) is 48.5 Å². The molecule has 190 valence electrons. The van der Waals surface area contributed by atoms with Gasteiger partial charge in [-0.15, -0.1) is 0 Å². The summed E-state index contributed by atoms with van der Waals surface area (Å²) in [6, 6.07) is 21.1. The summed E-state index contributed by atoms with van der Waals surface area (Å²) >= 11 is 0. The molecule has 3 rings (SSSR count). The first-order valence-corrected chi connectivity index (χ1v) is 13.5. The number of para-hydroxylation sites is 2. The molecule has 2 atom stereocenters. The normalized spacial score (nSPS) is 12.8. The Morgan fingerprint density at radius 2 is 1.47 bits per heavy atom. The van der Waals surface area contributed by atoms with Crippen molar-refractivity contribution in [3.63, 3.8) is 0 Å². The lowest BCUT2D eigenvalue weighted by molar-refractivity contribution is -0.116. The first-order chi connectivity index (χ1) is 17.1. The highest BCUT2D eigenvalue weighted by Gasteiger charge is 2.30. The number of sulfonamides is 1. The number of carbonyl (C=O) groups excluding carboxylic acids is 2. The number of amides is 2. The van der Waals surface area contributed by atoms with Crippen molar-refractivity contribution in [3.05, 3.63) is 84.4 Å². The van der Waals surface area contributed by atoms with Crippen LogP contribution >= 0.6 is 0 Å². The molecule has 0 unspecified atom stereocenters. The van der Waals surface area contributed by atoms with Gasteiger partial charge in [0.1, 0.15) is 17.5 Å². The van der Waals surface area contributed by atoms with E-state index in [2.05, 4.69) is 10.6 Å². The zero-order chi connectivity index (χ0) is 26.3. The Hall–Kier alpha value is -3.85. The summed E-state index contributed by atoms with van der Waals surface area (Å²) in [7, 11) is -3.82. The van der Waals surface area contributed by atoms with Gasteiger partial charge in [-0.1, -0.05) is 37.3 Å². The molecular formula is C27H31N3O5S. The molecule has 0 fully saturated rings. The molecule has 0 radical (unpaired) electrons. The van der Waals surface area contributed by atoms with Crippen molar-refractivity contribution in [2.24, 2.45) is 0 Å². The van der Waals surface area contributed by atoms with Gasteiger partial charge in [0.05, 0.1) is 23.2 Å². The SMILES string of the molecule is CC[C@H](C)NC(=O)c1ccccc1NC(=O)[C@H](C)N(c1ccc(Oc2ccccc2)cc1)S(C)(=O)=O. The van der Waals surface area contributed by atoms with Crippen molar-refractivity contribution in [2.45, 2.75) is 39.3 Å². The summed E-state index contributed by atoms with van der Waals surface area (Å²) in [6.07, 6.45) is 1.80. The lowest BCUT2D eigenvalue weighted by atomic mass is 10.1. The molecule has 0 saturated heterocycles. The highest BCUT2D eigenvalue weighted by molar-refractivity contribution is 7.92. The van der Waals surface area contributed by atoms with Crippen LogP contribution in [0.25, 0.3) is 0 Å². The van der Waals surface area contributed by atoms with Crippen LogP contribution in [-0.2, 0) is 14.8 Å². The molecule has 0 saturated carbocycles. The van der Waals surface area contributed by atoms with Crippen LogP contribution in [0.2, 0.25) is 0 Å². The van der Waals surface area contributed by atoms with E-state index in [1.165, 1.54) is 6.92 Å². The standard InChI is InChI=1S/C27H31N3O5S/c1-5-19(2)28-27(32)24-13-9-10-14-25(24)29-26(31)20(3)30(36(4,33)34)21-15-17-23(18-16-21)35-22-11-7-6-8-12-22/h6-20H,5H2,1-4H3,(H,28,32)(H,29,31)/t19-,20-/m0/s1. The maximum absolute atomic E-state index is 13.2.